The van der Waals surface area contributed by atoms with Crippen molar-refractivity contribution in [3.8, 4) is 0 Å². The molecule has 8 heteroatoms. The summed E-state index contributed by atoms with van der Waals surface area (Å²) >= 11 is 8.07. The molecular formula is C12H14Br2F2N2OS. The maximum absolute atomic E-state index is 12.3. The average Bonchev–Trinajstić information content (AvgIpc) is 2.71. The van der Waals surface area contributed by atoms with Crippen LogP contribution in [0.2, 0.25) is 0 Å². The van der Waals surface area contributed by atoms with Crippen LogP contribution < -0.4 is 5.32 Å². The topological polar surface area (TPSA) is 32.3 Å². The van der Waals surface area contributed by atoms with E-state index in [9.17, 15) is 13.6 Å². The van der Waals surface area contributed by atoms with Gasteiger partial charge < -0.3 is 5.32 Å². The molecule has 1 amide bonds. The highest BCUT2D eigenvalue weighted by Crippen LogP contribution is 2.32. The van der Waals surface area contributed by atoms with E-state index in [1.54, 1.807) is 11.0 Å². The predicted molar refractivity (Wildman–Crippen MR) is 82.7 cm³/mol. The molecule has 0 aromatic carbocycles. The number of piperidine rings is 1. The summed E-state index contributed by atoms with van der Waals surface area (Å²) in [5.41, 5.74) is 0. The van der Waals surface area contributed by atoms with Crippen LogP contribution in [0.4, 0.5) is 8.78 Å². The third kappa shape index (κ3) is 4.47. The van der Waals surface area contributed by atoms with E-state index in [0.29, 0.717) is 30.8 Å². The molecule has 1 aromatic heterocycles. The predicted octanol–water partition coefficient (Wildman–Crippen LogP) is 3.73. The first kappa shape index (κ1) is 16.3. The summed E-state index contributed by atoms with van der Waals surface area (Å²) in [7, 11) is 0. The Bertz CT molecular complexity index is 457. The lowest BCUT2D eigenvalue weighted by Gasteiger charge is -2.31. The lowest BCUT2D eigenvalue weighted by Crippen LogP contribution is -2.45. The van der Waals surface area contributed by atoms with Gasteiger partial charge in [0, 0.05) is 23.6 Å². The molecular weight excluding hydrogens is 418 g/mol. The number of nitrogens with zero attached hydrogens (tertiary/aromatic N) is 1. The quantitative estimate of drug-likeness (QED) is 0.787. The van der Waals surface area contributed by atoms with Gasteiger partial charge in [-0.05, 0) is 50.8 Å². The number of amides is 1. The molecule has 0 atom stereocenters. The molecule has 2 heterocycles. The lowest BCUT2D eigenvalue weighted by molar-refractivity contribution is 0.0697. The summed E-state index contributed by atoms with van der Waals surface area (Å²) in [5.74, 6) is -0.103. The van der Waals surface area contributed by atoms with E-state index in [4.69, 9.17) is 0 Å². The summed E-state index contributed by atoms with van der Waals surface area (Å²) in [6, 6.07) is 1.84. The van der Waals surface area contributed by atoms with Gasteiger partial charge >= 0.3 is 0 Å². The summed E-state index contributed by atoms with van der Waals surface area (Å²) in [4.78, 5) is 14.4. The fourth-order valence-corrected chi connectivity index (χ4v) is 4.11. The standard InChI is InChI=1S/C12H14Br2F2N2OS/c13-8-5-9(20-11(8)14)12(19)17-7-1-3-18(4-2-7)6-10(15)16/h5,7,10H,1-4,6H2,(H,17,19). The second-order valence-electron chi connectivity index (χ2n) is 4.67. The van der Waals surface area contributed by atoms with Gasteiger partial charge in [-0.3, -0.25) is 9.69 Å². The largest absolute Gasteiger partial charge is 0.349 e. The molecule has 0 spiro atoms. The van der Waals surface area contributed by atoms with Crippen LogP contribution in [0.1, 0.15) is 22.5 Å². The van der Waals surface area contributed by atoms with Crippen molar-refractivity contribution in [2.45, 2.75) is 25.3 Å². The Morgan fingerprint density at radius 3 is 2.60 bits per heavy atom. The first-order valence-electron chi connectivity index (χ1n) is 6.22. The van der Waals surface area contributed by atoms with Crippen molar-refractivity contribution in [1.82, 2.24) is 10.2 Å². The van der Waals surface area contributed by atoms with Crippen molar-refractivity contribution >= 4 is 49.1 Å². The Hall–Kier alpha value is -0.0500. The summed E-state index contributed by atoms with van der Waals surface area (Å²) in [6.07, 6.45) is -0.861. The fourth-order valence-electron chi connectivity index (χ4n) is 2.17. The minimum atomic E-state index is -2.29. The van der Waals surface area contributed by atoms with Crippen LogP contribution in [0.25, 0.3) is 0 Å². The van der Waals surface area contributed by atoms with E-state index < -0.39 is 6.43 Å². The van der Waals surface area contributed by atoms with Crippen LogP contribution in [0.5, 0.6) is 0 Å². The van der Waals surface area contributed by atoms with Gasteiger partial charge in [0.1, 0.15) is 0 Å². The van der Waals surface area contributed by atoms with E-state index >= 15 is 0 Å². The molecule has 1 saturated heterocycles. The molecule has 0 saturated carbocycles. The minimum Gasteiger partial charge on any atom is -0.349 e. The molecule has 0 radical (unpaired) electrons. The Kier molecular flexibility index (Phi) is 5.95. The summed E-state index contributed by atoms with van der Waals surface area (Å²) in [6.45, 7) is 1.03. The van der Waals surface area contributed by atoms with Crippen molar-refractivity contribution in [2.24, 2.45) is 0 Å². The number of carbonyl (C=O) groups is 1. The third-order valence-corrected chi connectivity index (χ3v) is 6.44. The zero-order valence-corrected chi connectivity index (χ0v) is 14.5. The highest BCUT2D eigenvalue weighted by molar-refractivity contribution is 9.13. The Morgan fingerprint density at radius 2 is 2.10 bits per heavy atom. The molecule has 1 aliphatic rings. The van der Waals surface area contributed by atoms with Gasteiger partial charge in [0.2, 0.25) is 0 Å². The highest BCUT2D eigenvalue weighted by atomic mass is 79.9. The molecule has 20 heavy (non-hydrogen) atoms. The Labute approximate surface area is 137 Å². The molecule has 112 valence electrons. The zero-order chi connectivity index (χ0) is 14.7. The smallest absolute Gasteiger partial charge is 0.261 e. The molecule has 1 aliphatic heterocycles. The third-order valence-electron chi connectivity index (χ3n) is 3.19. The van der Waals surface area contributed by atoms with Crippen molar-refractivity contribution in [3.63, 3.8) is 0 Å². The van der Waals surface area contributed by atoms with E-state index in [1.807, 2.05) is 0 Å². The molecule has 1 aromatic rings. The van der Waals surface area contributed by atoms with E-state index in [2.05, 4.69) is 37.2 Å². The van der Waals surface area contributed by atoms with Gasteiger partial charge in [-0.25, -0.2) is 8.78 Å². The van der Waals surface area contributed by atoms with Crippen LogP contribution in [0.3, 0.4) is 0 Å². The summed E-state index contributed by atoms with van der Waals surface area (Å²) in [5, 5.41) is 2.97. The van der Waals surface area contributed by atoms with Crippen molar-refractivity contribution in [2.75, 3.05) is 19.6 Å². The average molecular weight is 432 g/mol. The molecule has 0 unspecified atom stereocenters. The minimum absolute atomic E-state index is 0.0658. The van der Waals surface area contributed by atoms with E-state index in [0.717, 1.165) is 8.26 Å². The van der Waals surface area contributed by atoms with Crippen molar-refractivity contribution in [3.05, 3.63) is 19.2 Å². The number of halogens is 4. The number of nitrogens with one attached hydrogen (secondary N) is 1. The number of thiophene rings is 1. The van der Waals surface area contributed by atoms with E-state index in [-0.39, 0.29) is 18.5 Å². The van der Waals surface area contributed by atoms with Gasteiger partial charge in [0.25, 0.3) is 12.3 Å². The number of hydrogen-bond donors (Lipinski definition) is 1. The first-order valence-corrected chi connectivity index (χ1v) is 8.62. The zero-order valence-electron chi connectivity index (χ0n) is 10.5. The number of rotatable bonds is 4. The molecule has 1 N–H and O–H groups in total. The molecule has 1 fully saturated rings. The van der Waals surface area contributed by atoms with Crippen LogP contribution in [-0.4, -0.2) is 42.9 Å². The molecule has 3 nitrogen and oxygen atoms in total. The van der Waals surface area contributed by atoms with Crippen LogP contribution in [0.15, 0.2) is 14.3 Å². The maximum atomic E-state index is 12.3. The Balaban J connectivity index is 1.82. The van der Waals surface area contributed by atoms with E-state index in [1.165, 1.54) is 11.3 Å². The van der Waals surface area contributed by atoms with Gasteiger partial charge in [0.15, 0.2) is 0 Å². The number of hydrogen-bond acceptors (Lipinski definition) is 3. The van der Waals surface area contributed by atoms with Gasteiger partial charge in [-0.1, -0.05) is 0 Å². The number of likely N-dealkylation sites (tertiary alicyclic amines) is 1. The SMILES string of the molecule is O=C(NC1CCN(CC(F)F)CC1)c1cc(Br)c(Br)s1. The van der Waals surface area contributed by atoms with Gasteiger partial charge in [-0.15, -0.1) is 11.3 Å². The van der Waals surface area contributed by atoms with Gasteiger partial charge in [0.05, 0.1) is 15.2 Å². The monoisotopic (exact) mass is 430 g/mol. The first-order chi connectivity index (χ1) is 9.45. The second-order valence-corrected chi connectivity index (χ2v) is 7.90. The number of carbonyl (C=O) groups excluding carboxylic acids is 1. The summed E-state index contributed by atoms with van der Waals surface area (Å²) < 4.78 is 26.3. The highest BCUT2D eigenvalue weighted by Gasteiger charge is 2.23. The van der Waals surface area contributed by atoms with Crippen LogP contribution in [0, 0.1) is 0 Å². The normalized spacial score (nSPS) is 17.6. The molecule has 0 aliphatic carbocycles. The van der Waals surface area contributed by atoms with Gasteiger partial charge in [-0.2, -0.15) is 0 Å². The molecule has 2 rings (SSSR count). The van der Waals surface area contributed by atoms with Crippen molar-refractivity contribution in [1.29, 1.82) is 0 Å². The second kappa shape index (κ2) is 7.29. The van der Waals surface area contributed by atoms with Crippen molar-refractivity contribution < 1.29 is 13.6 Å². The van der Waals surface area contributed by atoms with Crippen LogP contribution >= 0.6 is 43.2 Å². The number of alkyl halides is 2. The lowest BCUT2D eigenvalue weighted by atomic mass is 10.1. The maximum Gasteiger partial charge on any atom is 0.261 e. The molecule has 0 bridgehead atoms. The Morgan fingerprint density at radius 1 is 1.45 bits per heavy atom. The fraction of sp³-hybridized carbons (Fsp3) is 0.583. The van der Waals surface area contributed by atoms with Crippen LogP contribution in [-0.2, 0) is 0 Å².